The van der Waals surface area contributed by atoms with Gasteiger partial charge < -0.3 is 10.2 Å². The summed E-state index contributed by atoms with van der Waals surface area (Å²) in [5.41, 5.74) is 1.05. The van der Waals surface area contributed by atoms with Gasteiger partial charge in [-0.1, -0.05) is 23.2 Å². The second kappa shape index (κ2) is 5.21. The number of aromatic nitrogens is 1. The first kappa shape index (κ1) is 12.0. The van der Waals surface area contributed by atoms with Gasteiger partial charge in [-0.3, -0.25) is 0 Å². The molecule has 0 amide bonds. The standard InChI is InChI=1S/C11H15Cl2N3/c1-14-8-3-2-4-16(7-8)9-5-10(12)11(13)15-6-9/h5-6,8,14H,2-4,7H2,1H3. The molecule has 1 aromatic rings. The first-order chi connectivity index (χ1) is 7.70. The average molecular weight is 260 g/mol. The first-order valence-corrected chi connectivity index (χ1v) is 6.19. The van der Waals surface area contributed by atoms with Crippen LogP contribution in [0.15, 0.2) is 12.3 Å². The van der Waals surface area contributed by atoms with Crippen LogP contribution in [0.3, 0.4) is 0 Å². The molecular formula is C11H15Cl2N3. The highest BCUT2D eigenvalue weighted by molar-refractivity contribution is 6.41. The molecule has 2 rings (SSSR count). The maximum atomic E-state index is 5.97. The quantitative estimate of drug-likeness (QED) is 0.828. The minimum absolute atomic E-state index is 0.368. The molecule has 1 fully saturated rings. The zero-order valence-electron chi connectivity index (χ0n) is 9.21. The van der Waals surface area contributed by atoms with Gasteiger partial charge >= 0.3 is 0 Å². The molecule has 1 N–H and O–H groups in total. The minimum atomic E-state index is 0.368. The zero-order valence-corrected chi connectivity index (χ0v) is 10.7. The lowest BCUT2D eigenvalue weighted by Crippen LogP contribution is -2.44. The van der Waals surface area contributed by atoms with Crippen molar-refractivity contribution in [1.29, 1.82) is 0 Å². The number of piperidine rings is 1. The Bertz CT molecular complexity index is 370. The Labute approximate surface area is 106 Å². The predicted molar refractivity (Wildman–Crippen MR) is 68.6 cm³/mol. The number of likely N-dealkylation sites (N-methyl/N-ethyl adjacent to an activating group) is 1. The number of halogens is 2. The second-order valence-electron chi connectivity index (χ2n) is 4.04. The lowest BCUT2D eigenvalue weighted by molar-refractivity contribution is 0.449. The van der Waals surface area contributed by atoms with E-state index in [1.54, 1.807) is 6.20 Å². The molecule has 1 saturated heterocycles. The molecule has 1 unspecified atom stereocenters. The average Bonchev–Trinajstić information content (AvgIpc) is 2.33. The third kappa shape index (κ3) is 2.59. The summed E-state index contributed by atoms with van der Waals surface area (Å²) in [5.74, 6) is 0. The number of hydrogen-bond acceptors (Lipinski definition) is 3. The minimum Gasteiger partial charge on any atom is -0.369 e. The molecule has 0 aliphatic carbocycles. The number of rotatable bonds is 2. The third-order valence-electron chi connectivity index (χ3n) is 2.98. The lowest BCUT2D eigenvalue weighted by atomic mass is 10.1. The van der Waals surface area contributed by atoms with Gasteiger partial charge in [0.2, 0.25) is 0 Å². The van der Waals surface area contributed by atoms with Crippen LogP contribution in [0.2, 0.25) is 10.2 Å². The molecular weight excluding hydrogens is 245 g/mol. The van der Waals surface area contributed by atoms with Gasteiger partial charge in [-0.2, -0.15) is 0 Å². The number of pyridine rings is 1. The van der Waals surface area contributed by atoms with Crippen molar-refractivity contribution in [3.05, 3.63) is 22.4 Å². The van der Waals surface area contributed by atoms with Gasteiger partial charge in [-0.25, -0.2) is 4.98 Å². The number of nitrogens with zero attached hydrogens (tertiary/aromatic N) is 2. The van der Waals surface area contributed by atoms with Crippen LogP contribution >= 0.6 is 23.2 Å². The summed E-state index contributed by atoms with van der Waals surface area (Å²) in [4.78, 5) is 6.37. The van der Waals surface area contributed by atoms with E-state index in [0.717, 1.165) is 18.8 Å². The van der Waals surface area contributed by atoms with Gasteiger partial charge in [-0.15, -0.1) is 0 Å². The van der Waals surface area contributed by atoms with Crippen LogP contribution in [0, 0.1) is 0 Å². The van der Waals surface area contributed by atoms with Gasteiger partial charge in [0, 0.05) is 19.1 Å². The SMILES string of the molecule is CNC1CCCN(c2cnc(Cl)c(Cl)c2)C1. The second-order valence-corrected chi connectivity index (χ2v) is 4.81. The van der Waals surface area contributed by atoms with Crippen molar-refractivity contribution < 1.29 is 0 Å². The summed E-state index contributed by atoms with van der Waals surface area (Å²) in [6.45, 7) is 2.05. The fourth-order valence-corrected chi connectivity index (χ4v) is 2.30. The monoisotopic (exact) mass is 259 g/mol. The largest absolute Gasteiger partial charge is 0.369 e. The molecule has 0 spiro atoms. The summed E-state index contributed by atoms with van der Waals surface area (Å²) < 4.78 is 0. The van der Waals surface area contributed by atoms with Crippen LogP contribution in [0.5, 0.6) is 0 Å². The molecule has 0 aromatic carbocycles. The van der Waals surface area contributed by atoms with Crippen LogP contribution in [0.25, 0.3) is 0 Å². The Morgan fingerprint density at radius 2 is 2.31 bits per heavy atom. The van der Waals surface area contributed by atoms with Crippen LogP contribution in [-0.4, -0.2) is 31.2 Å². The van der Waals surface area contributed by atoms with E-state index in [0.29, 0.717) is 16.2 Å². The van der Waals surface area contributed by atoms with Gasteiger partial charge in [0.1, 0.15) is 5.15 Å². The molecule has 1 aliphatic rings. The van der Waals surface area contributed by atoms with E-state index in [-0.39, 0.29) is 0 Å². The van der Waals surface area contributed by atoms with Crippen molar-refractivity contribution in [3.8, 4) is 0 Å². The van der Waals surface area contributed by atoms with E-state index in [4.69, 9.17) is 23.2 Å². The van der Waals surface area contributed by atoms with Gasteiger partial charge in [-0.05, 0) is 26.0 Å². The lowest BCUT2D eigenvalue weighted by Gasteiger charge is -2.34. The van der Waals surface area contributed by atoms with Crippen LogP contribution in [-0.2, 0) is 0 Å². The van der Waals surface area contributed by atoms with Crippen molar-refractivity contribution in [2.75, 3.05) is 25.0 Å². The molecule has 1 aromatic heterocycles. The molecule has 5 heteroatoms. The number of hydrogen-bond donors (Lipinski definition) is 1. The molecule has 1 atom stereocenters. The normalized spacial score (nSPS) is 21.2. The Morgan fingerprint density at radius 1 is 1.50 bits per heavy atom. The smallest absolute Gasteiger partial charge is 0.147 e. The van der Waals surface area contributed by atoms with Crippen molar-refractivity contribution in [2.45, 2.75) is 18.9 Å². The highest BCUT2D eigenvalue weighted by Gasteiger charge is 2.19. The fourth-order valence-electron chi connectivity index (χ4n) is 2.03. The molecule has 1 aliphatic heterocycles. The Balaban J connectivity index is 2.13. The Kier molecular flexibility index (Phi) is 3.90. The zero-order chi connectivity index (χ0) is 11.5. The topological polar surface area (TPSA) is 28.2 Å². The van der Waals surface area contributed by atoms with E-state index in [1.807, 2.05) is 13.1 Å². The summed E-state index contributed by atoms with van der Waals surface area (Å²) >= 11 is 11.8. The van der Waals surface area contributed by atoms with Gasteiger partial charge in [0.05, 0.1) is 16.9 Å². The summed E-state index contributed by atoms with van der Waals surface area (Å²) in [6, 6.07) is 2.43. The number of anilines is 1. The summed E-state index contributed by atoms with van der Waals surface area (Å²) in [7, 11) is 2.00. The molecule has 0 radical (unpaired) electrons. The highest BCUT2D eigenvalue weighted by atomic mass is 35.5. The molecule has 16 heavy (non-hydrogen) atoms. The Morgan fingerprint density at radius 3 is 3.00 bits per heavy atom. The summed E-state index contributed by atoms with van der Waals surface area (Å²) in [6.07, 6.45) is 4.19. The maximum absolute atomic E-state index is 5.97. The molecule has 3 nitrogen and oxygen atoms in total. The highest BCUT2D eigenvalue weighted by Crippen LogP contribution is 2.26. The fraction of sp³-hybridized carbons (Fsp3) is 0.545. The van der Waals surface area contributed by atoms with E-state index in [2.05, 4.69) is 15.2 Å². The van der Waals surface area contributed by atoms with Gasteiger partial charge in [0.25, 0.3) is 0 Å². The van der Waals surface area contributed by atoms with E-state index in [9.17, 15) is 0 Å². The number of nitrogens with one attached hydrogen (secondary N) is 1. The molecule has 0 bridgehead atoms. The first-order valence-electron chi connectivity index (χ1n) is 5.44. The Hall–Kier alpha value is -0.510. The predicted octanol–water partition coefficient (Wildman–Crippen LogP) is 2.58. The van der Waals surface area contributed by atoms with E-state index >= 15 is 0 Å². The van der Waals surface area contributed by atoms with Crippen molar-refractivity contribution in [1.82, 2.24) is 10.3 Å². The molecule has 0 saturated carbocycles. The van der Waals surface area contributed by atoms with Crippen LogP contribution < -0.4 is 10.2 Å². The maximum Gasteiger partial charge on any atom is 0.147 e. The van der Waals surface area contributed by atoms with E-state index in [1.165, 1.54) is 12.8 Å². The molecule has 88 valence electrons. The van der Waals surface area contributed by atoms with Crippen molar-refractivity contribution >= 4 is 28.9 Å². The third-order valence-corrected chi connectivity index (χ3v) is 3.66. The van der Waals surface area contributed by atoms with Crippen LogP contribution in [0.4, 0.5) is 5.69 Å². The van der Waals surface area contributed by atoms with Gasteiger partial charge in [0.15, 0.2) is 0 Å². The van der Waals surface area contributed by atoms with Crippen molar-refractivity contribution in [3.63, 3.8) is 0 Å². The van der Waals surface area contributed by atoms with Crippen LogP contribution in [0.1, 0.15) is 12.8 Å². The van der Waals surface area contributed by atoms with Crippen molar-refractivity contribution in [2.24, 2.45) is 0 Å². The van der Waals surface area contributed by atoms with E-state index < -0.39 is 0 Å². The molecule has 2 heterocycles. The summed E-state index contributed by atoms with van der Waals surface area (Å²) in [5, 5.41) is 4.20.